The lowest BCUT2D eigenvalue weighted by atomic mass is 9.83. The number of halogens is 1. The van der Waals surface area contributed by atoms with E-state index in [1.54, 1.807) is 0 Å². The van der Waals surface area contributed by atoms with E-state index < -0.39 is 0 Å². The lowest BCUT2D eigenvalue weighted by Crippen LogP contribution is -2.10. The molecule has 4 heteroatoms. The van der Waals surface area contributed by atoms with E-state index in [4.69, 9.17) is 11.6 Å². The van der Waals surface area contributed by atoms with Crippen LogP contribution in [0, 0.1) is 6.92 Å². The predicted molar refractivity (Wildman–Crippen MR) is 63.7 cm³/mol. The Labute approximate surface area is 98.9 Å². The van der Waals surface area contributed by atoms with Crippen LogP contribution >= 0.6 is 11.6 Å². The van der Waals surface area contributed by atoms with E-state index in [1.807, 2.05) is 13.0 Å². The Hall–Kier alpha value is -1.22. The minimum Gasteiger partial charge on any atom is -0.233 e. The average molecular weight is 234 g/mol. The van der Waals surface area contributed by atoms with Gasteiger partial charge in [-0.3, -0.25) is 0 Å². The Morgan fingerprint density at radius 3 is 2.69 bits per heavy atom. The highest BCUT2D eigenvalue weighted by molar-refractivity contribution is 6.33. The van der Waals surface area contributed by atoms with Gasteiger partial charge in [0.05, 0.1) is 5.39 Å². The first kappa shape index (κ1) is 9.97. The second-order valence-corrected chi connectivity index (χ2v) is 4.65. The third kappa shape index (κ3) is 1.55. The summed E-state index contributed by atoms with van der Waals surface area (Å²) in [5.41, 5.74) is 1.87. The van der Waals surface area contributed by atoms with Gasteiger partial charge in [0.15, 0.2) is 5.65 Å². The minimum absolute atomic E-state index is 0.496. The summed E-state index contributed by atoms with van der Waals surface area (Å²) in [5.74, 6) is 1.30. The number of aryl methyl sites for hydroxylation is 1. The lowest BCUT2D eigenvalue weighted by Gasteiger charge is -2.24. The fourth-order valence-corrected chi connectivity index (χ4v) is 2.29. The highest BCUT2D eigenvalue weighted by Gasteiger charge is 2.21. The molecule has 1 saturated carbocycles. The number of rotatable bonds is 1. The van der Waals surface area contributed by atoms with Crippen molar-refractivity contribution < 1.29 is 0 Å². The number of aromatic nitrogens is 3. The molecule has 0 unspecified atom stereocenters. The van der Waals surface area contributed by atoms with Crippen molar-refractivity contribution in [3.05, 3.63) is 28.8 Å². The molecule has 0 saturated heterocycles. The predicted octanol–water partition coefficient (Wildman–Crippen LogP) is 3.25. The van der Waals surface area contributed by atoms with E-state index in [-0.39, 0.29) is 0 Å². The Bertz CT molecular complexity index is 549. The summed E-state index contributed by atoms with van der Waals surface area (Å²) in [6.45, 7) is 1.84. The van der Waals surface area contributed by atoms with Gasteiger partial charge in [0, 0.05) is 11.6 Å². The van der Waals surface area contributed by atoms with Crippen molar-refractivity contribution >= 4 is 22.6 Å². The Kier molecular flexibility index (Phi) is 2.28. The van der Waals surface area contributed by atoms with Gasteiger partial charge >= 0.3 is 0 Å². The summed E-state index contributed by atoms with van der Waals surface area (Å²) < 4.78 is 0. The summed E-state index contributed by atoms with van der Waals surface area (Å²) in [5, 5.41) is 1.34. The van der Waals surface area contributed by atoms with Crippen LogP contribution in [-0.2, 0) is 0 Å². The average Bonchev–Trinajstić information content (AvgIpc) is 2.13. The molecule has 0 amide bonds. The first-order chi connectivity index (χ1) is 7.74. The van der Waals surface area contributed by atoms with Crippen LogP contribution in [0.3, 0.4) is 0 Å². The fraction of sp³-hybridized carbons (Fsp3) is 0.417. The number of fused-ring (bicyclic) bond motifs is 1. The smallest absolute Gasteiger partial charge is 0.164 e. The molecule has 2 aromatic rings. The summed E-state index contributed by atoms with van der Waals surface area (Å²) in [7, 11) is 0. The van der Waals surface area contributed by atoms with Gasteiger partial charge < -0.3 is 0 Å². The zero-order valence-corrected chi connectivity index (χ0v) is 9.83. The van der Waals surface area contributed by atoms with Crippen molar-refractivity contribution in [1.82, 2.24) is 15.0 Å². The van der Waals surface area contributed by atoms with Gasteiger partial charge in [0.25, 0.3) is 0 Å². The van der Waals surface area contributed by atoms with Crippen LogP contribution in [0.15, 0.2) is 12.1 Å². The molecule has 3 nitrogen and oxygen atoms in total. The quantitative estimate of drug-likeness (QED) is 0.710. The molecule has 1 aliphatic carbocycles. The van der Waals surface area contributed by atoms with Gasteiger partial charge in [-0.15, -0.1) is 0 Å². The molecule has 16 heavy (non-hydrogen) atoms. The highest BCUT2D eigenvalue weighted by atomic mass is 35.5. The molecule has 0 aliphatic heterocycles. The van der Waals surface area contributed by atoms with E-state index in [2.05, 4.69) is 21.0 Å². The van der Waals surface area contributed by atoms with Gasteiger partial charge in [0.2, 0.25) is 0 Å². The maximum atomic E-state index is 6.05. The molecule has 0 radical (unpaired) electrons. The van der Waals surface area contributed by atoms with Crippen molar-refractivity contribution in [2.45, 2.75) is 32.1 Å². The lowest BCUT2D eigenvalue weighted by molar-refractivity contribution is 0.412. The van der Waals surface area contributed by atoms with Crippen molar-refractivity contribution in [3.63, 3.8) is 0 Å². The zero-order chi connectivity index (χ0) is 11.1. The summed E-state index contributed by atoms with van der Waals surface area (Å²) in [6, 6.07) is 4.04. The van der Waals surface area contributed by atoms with E-state index in [0.717, 1.165) is 16.7 Å². The summed E-state index contributed by atoms with van der Waals surface area (Å²) >= 11 is 6.05. The first-order valence-electron chi connectivity index (χ1n) is 5.55. The standard InChI is InChI=1S/C12H12ClN3/c1-7-14-11(13)9-5-6-10(8-3-2-4-8)16-12(9)15-7/h5-6,8H,2-4H2,1H3. The fourth-order valence-electron chi connectivity index (χ4n) is 2.02. The molecule has 0 spiro atoms. The maximum Gasteiger partial charge on any atom is 0.164 e. The van der Waals surface area contributed by atoms with Crippen LogP contribution in [0.1, 0.15) is 36.7 Å². The van der Waals surface area contributed by atoms with E-state index in [9.17, 15) is 0 Å². The largest absolute Gasteiger partial charge is 0.233 e. The van der Waals surface area contributed by atoms with Crippen molar-refractivity contribution in [2.24, 2.45) is 0 Å². The highest BCUT2D eigenvalue weighted by Crippen LogP contribution is 2.36. The summed E-state index contributed by atoms with van der Waals surface area (Å²) in [4.78, 5) is 13.0. The first-order valence-corrected chi connectivity index (χ1v) is 5.92. The molecule has 2 heterocycles. The van der Waals surface area contributed by atoms with Gasteiger partial charge in [-0.2, -0.15) is 0 Å². The molecule has 1 aliphatic rings. The number of hydrogen-bond donors (Lipinski definition) is 0. The number of nitrogens with zero attached hydrogens (tertiary/aromatic N) is 3. The second-order valence-electron chi connectivity index (χ2n) is 4.30. The Balaban J connectivity index is 2.16. The maximum absolute atomic E-state index is 6.05. The van der Waals surface area contributed by atoms with E-state index in [1.165, 1.54) is 19.3 Å². The van der Waals surface area contributed by atoms with Crippen molar-refractivity contribution in [1.29, 1.82) is 0 Å². The molecule has 0 N–H and O–H groups in total. The number of pyridine rings is 1. The molecule has 0 atom stereocenters. The molecule has 2 aromatic heterocycles. The molecular formula is C12H12ClN3. The molecule has 82 valence electrons. The summed E-state index contributed by atoms with van der Waals surface area (Å²) in [6.07, 6.45) is 3.81. The molecule has 0 bridgehead atoms. The van der Waals surface area contributed by atoms with Gasteiger partial charge in [-0.1, -0.05) is 18.0 Å². The van der Waals surface area contributed by atoms with Crippen LogP contribution in [-0.4, -0.2) is 15.0 Å². The monoisotopic (exact) mass is 233 g/mol. The second kappa shape index (κ2) is 3.67. The van der Waals surface area contributed by atoms with Crippen molar-refractivity contribution in [3.8, 4) is 0 Å². The van der Waals surface area contributed by atoms with E-state index >= 15 is 0 Å². The third-order valence-corrected chi connectivity index (χ3v) is 3.46. The molecular weight excluding hydrogens is 222 g/mol. The van der Waals surface area contributed by atoms with Gasteiger partial charge in [-0.05, 0) is 31.9 Å². The minimum atomic E-state index is 0.496. The number of hydrogen-bond acceptors (Lipinski definition) is 3. The van der Waals surface area contributed by atoms with Crippen LogP contribution in [0.25, 0.3) is 11.0 Å². The van der Waals surface area contributed by atoms with Gasteiger partial charge in [-0.25, -0.2) is 15.0 Å². The Morgan fingerprint density at radius 2 is 2.00 bits per heavy atom. The van der Waals surface area contributed by atoms with Crippen LogP contribution in [0.5, 0.6) is 0 Å². The van der Waals surface area contributed by atoms with Crippen molar-refractivity contribution in [2.75, 3.05) is 0 Å². The molecule has 3 rings (SSSR count). The SMILES string of the molecule is Cc1nc(Cl)c2ccc(C3CCC3)nc2n1. The Morgan fingerprint density at radius 1 is 1.19 bits per heavy atom. The van der Waals surface area contributed by atoms with Crippen LogP contribution < -0.4 is 0 Å². The van der Waals surface area contributed by atoms with Crippen LogP contribution in [0.2, 0.25) is 5.15 Å². The topological polar surface area (TPSA) is 38.7 Å². The molecule has 1 fully saturated rings. The third-order valence-electron chi connectivity index (χ3n) is 3.17. The zero-order valence-electron chi connectivity index (χ0n) is 9.07. The molecule has 0 aromatic carbocycles. The van der Waals surface area contributed by atoms with Gasteiger partial charge in [0.1, 0.15) is 11.0 Å². The normalized spacial score (nSPS) is 16.4. The van der Waals surface area contributed by atoms with E-state index in [0.29, 0.717) is 16.9 Å². The van der Waals surface area contributed by atoms with Crippen LogP contribution in [0.4, 0.5) is 0 Å².